The van der Waals surface area contributed by atoms with Gasteiger partial charge < -0.3 is 9.72 Å². The van der Waals surface area contributed by atoms with Crippen molar-refractivity contribution in [2.75, 3.05) is 5.32 Å². The monoisotopic (exact) mass is 353 g/mol. The smallest absolute Gasteiger partial charge is 0.258 e. The zero-order valence-electron chi connectivity index (χ0n) is 13.4. The van der Waals surface area contributed by atoms with E-state index < -0.39 is 17.5 Å². The molecule has 0 atom stereocenters. The van der Waals surface area contributed by atoms with Crippen LogP contribution < -0.4 is 5.32 Å². The Bertz CT molecular complexity index is 1070. The molecule has 4 rings (SSSR count). The summed E-state index contributed by atoms with van der Waals surface area (Å²) in [6.07, 6.45) is 6.86. The number of hydrogen-bond acceptors (Lipinski definition) is 3. The third kappa shape index (κ3) is 3.16. The van der Waals surface area contributed by atoms with Gasteiger partial charge in [-0.2, -0.15) is 5.10 Å². The van der Waals surface area contributed by atoms with Crippen LogP contribution >= 0.6 is 0 Å². The first kappa shape index (κ1) is 15.9. The molecule has 130 valence electrons. The van der Waals surface area contributed by atoms with Crippen LogP contribution in [0.15, 0.2) is 61.2 Å². The van der Waals surface area contributed by atoms with E-state index in [9.17, 15) is 13.6 Å². The maximum atomic E-state index is 13.7. The summed E-state index contributed by atoms with van der Waals surface area (Å²) in [5, 5.41) is 6.70. The van der Waals surface area contributed by atoms with E-state index in [1.165, 1.54) is 6.20 Å². The predicted molar refractivity (Wildman–Crippen MR) is 90.8 cm³/mol. The lowest BCUT2D eigenvalue weighted by atomic mass is 10.2. The summed E-state index contributed by atoms with van der Waals surface area (Å²) in [6.45, 7) is 0.419. The normalized spacial score (nSPS) is 11.0. The molecule has 0 bridgehead atoms. The molecule has 0 aliphatic rings. The summed E-state index contributed by atoms with van der Waals surface area (Å²) in [7, 11) is 0. The lowest BCUT2D eigenvalue weighted by molar-refractivity contribution is 0.102. The molecule has 0 spiro atoms. The molecule has 8 heteroatoms. The summed E-state index contributed by atoms with van der Waals surface area (Å²) < 4.78 is 30.1. The largest absolute Gasteiger partial charge is 0.319 e. The predicted octanol–water partition coefficient (Wildman–Crippen LogP) is 3.11. The lowest BCUT2D eigenvalue weighted by Crippen LogP contribution is -2.13. The van der Waals surface area contributed by atoms with E-state index in [1.54, 1.807) is 10.9 Å². The molecule has 0 aliphatic carbocycles. The van der Waals surface area contributed by atoms with E-state index in [4.69, 9.17) is 0 Å². The van der Waals surface area contributed by atoms with Gasteiger partial charge in [0.15, 0.2) is 0 Å². The summed E-state index contributed by atoms with van der Waals surface area (Å²) in [5.74, 6) is -2.33. The average Bonchev–Trinajstić information content (AvgIpc) is 3.21. The van der Waals surface area contributed by atoms with E-state index in [0.717, 1.165) is 23.5 Å². The van der Waals surface area contributed by atoms with Crippen LogP contribution in [0.3, 0.4) is 0 Å². The number of fused-ring (bicyclic) bond motifs is 1. The molecule has 0 unspecified atom stereocenters. The number of amides is 1. The number of carbonyl (C=O) groups is 1. The number of rotatable bonds is 4. The number of pyridine rings is 1. The number of benzene rings is 1. The van der Waals surface area contributed by atoms with Gasteiger partial charge in [-0.15, -0.1) is 0 Å². The minimum Gasteiger partial charge on any atom is -0.319 e. The van der Waals surface area contributed by atoms with Crippen molar-refractivity contribution >= 4 is 17.2 Å². The maximum absolute atomic E-state index is 13.7. The van der Waals surface area contributed by atoms with Crippen LogP contribution in [-0.2, 0) is 6.54 Å². The molecule has 0 saturated heterocycles. The fraction of sp³-hybridized carbons (Fsp3) is 0.0556. The van der Waals surface area contributed by atoms with Crippen molar-refractivity contribution in [2.45, 2.75) is 6.54 Å². The number of aromatic nitrogens is 4. The average molecular weight is 353 g/mol. The SMILES string of the molecule is O=C(Nc1cnn(Cc2cn3ccccc3n2)c1)c1ccc(F)cc1F. The Morgan fingerprint density at radius 2 is 2.04 bits per heavy atom. The molecule has 26 heavy (non-hydrogen) atoms. The molecule has 0 fully saturated rings. The van der Waals surface area contributed by atoms with Gasteiger partial charge in [0.25, 0.3) is 5.91 Å². The Kier molecular flexibility index (Phi) is 3.92. The van der Waals surface area contributed by atoms with Gasteiger partial charge in [-0.3, -0.25) is 9.48 Å². The van der Waals surface area contributed by atoms with Crippen LogP contribution in [0.1, 0.15) is 16.1 Å². The molecule has 3 aromatic heterocycles. The Labute approximate surface area is 146 Å². The number of nitrogens with zero attached hydrogens (tertiary/aromatic N) is 4. The fourth-order valence-corrected chi connectivity index (χ4v) is 2.62. The van der Waals surface area contributed by atoms with Crippen molar-refractivity contribution in [3.05, 3.63) is 84.1 Å². The van der Waals surface area contributed by atoms with Gasteiger partial charge in [0.1, 0.15) is 17.3 Å². The summed E-state index contributed by atoms with van der Waals surface area (Å²) in [4.78, 5) is 16.6. The number of imidazole rings is 1. The summed E-state index contributed by atoms with van der Waals surface area (Å²) in [6, 6.07) is 8.51. The second-order valence-corrected chi connectivity index (χ2v) is 5.70. The van der Waals surface area contributed by atoms with E-state index in [0.29, 0.717) is 18.3 Å². The first-order chi connectivity index (χ1) is 12.6. The van der Waals surface area contributed by atoms with Gasteiger partial charge in [0, 0.05) is 24.7 Å². The Hall–Kier alpha value is -3.55. The first-order valence-electron chi connectivity index (χ1n) is 7.80. The number of hydrogen-bond donors (Lipinski definition) is 1. The van der Waals surface area contributed by atoms with Gasteiger partial charge in [-0.05, 0) is 24.3 Å². The minimum absolute atomic E-state index is 0.237. The van der Waals surface area contributed by atoms with Crippen molar-refractivity contribution in [1.29, 1.82) is 0 Å². The molecule has 0 radical (unpaired) electrons. The van der Waals surface area contributed by atoms with Crippen LogP contribution in [0.4, 0.5) is 14.5 Å². The second-order valence-electron chi connectivity index (χ2n) is 5.70. The zero-order chi connectivity index (χ0) is 18.1. The Balaban J connectivity index is 1.48. The molecular weight excluding hydrogens is 340 g/mol. The highest BCUT2D eigenvalue weighted by Crippen LogP contribution is 2.14. The summed E-state index contributed by atoms with van der Waals surface area (Å²) in [5.41, 5.74) is 1.80. The van der Waals surface area contributed by atoms with Crippen molar-refractivity contribution < 1.29 is 13.6 Å². The number of anilines is 1. The van der Waals surface area contributed by atoms with Crippen LogP contribution in [0.2, 0.25) is 0 Å². The standard InChI is InChI=1S/C18H13F2N5O/c19-12-4-5-15(16(20)7-12)18(26)23-13-8-21-25(10-13)11-14-9-24-6-2-1-3-17(24)22-14/h1-10H,11H2,(H,23,26). The van der Waals surface area contributed by atoms with E-state index in [-0.39, 0.29) is 5.56 Å². The van der Waals surface area contributed by atoms with Crippen LogP contribution in [0, 0.1) is 11.6 Å². The Morgan fingerprint density at radius 1 is 1.15 bits per heavy atom. The van der Waals surface area contributed by atoms with E-state index in [1.807, 2.05) is 35.0 Å². The highest BCUT2D eigenvalue weighted by Gasteiger charge is 2.13. The van der Waals surface area contributed by atoms with Crippen molar-refractivity contribution in [1.82, 2.24) is 19.2 Å². The molecule has 6 nitrogen and oxygen atoms in total. The van der Waals surface area contributed by atoms with E-state index in [2.05, 4.69) is 15.4 Å². The lowest BCUT2D eigenvalue weighted by Gasteiger charge is -2.03. The second kappa shape index (κ2) is 6.40. The highest BCUT2D eigenvalue weighted by atomic mass is 19.1. The third-order valence-corrected chi connectivity index (χ3v) is 3.80. The fourth-order valence-electron chi connectivity index (χ4n) is 2.62. The van der Waals surface area contributed by atoms with Crippen molar-refractivity contribution in [2.24, 2.45) is 0 Å². The van der Waals surface area contributed by atoms with Gasteiger partial charge >= 0.3 is 0 Å². The molecule has 0 aliphatic heterocycles. The molecule has 1 N–H and O–H groups in total. The van der Waals surface area contributed by atoms with Crippen molar-refractivity contribution in [3.63, 3.8) is 0 Å². The number of nitrogens with one attached hydrogen (secondary N) is 1. The molecule has 3 heterocycles. The minimum atomic E-state index is -0.917. The zero-order valence-corrected chi connectivity index (χ0v) is 13.4. The quantitative estimate of drug-likeness (QED) is 0.613. The van der Waals surface area contributed by atoms with Crippen LogP contribution in [0.5, 0.6) is 0 Å². The molecule has 1 aromatic carbocycles. The summed E-state index contributed by atoms with van der Waals surface area (Å²) >= 11 is 0. The highest BCUT2D eigenvalue weighted by molar-refractivity contribution is 6.04. The molecule has 4 aromatic rings. The van der Waals surface area contributed by atoms with Gasteiger partial charge in [-0.1, -0.05) is 6.07 Å². The van der Waals surface area contributed by atoms with Gasteiger partial charge in [0.05, 0.1) is 29.7 Å². The van der Waals surface area contributed by atoms with E-state index >= 15 is 0 Å². The van der Waals surface area contributed by atoms with Gasteiger partial charge in [-0.25, -0.2) is 13.8 Å². The third-order valence-electron chi connectivity index (χ3n) is 3.80. The first-order valence-corrected chi connectivity index (χ1v) is 7.80. The Morgan fingerprint density at radius 3 is 2.85 bits per heavy atom. The molecule has 1 amide bonds. The van der Waals surface area contributed by atoms with Gasteiger partial charge in [0.2, 0.25) is 0 Å². The number of halogens is 2. The van der Waals surface area contributed by atoms with Crippen LogP contribution in [-0.4, -0.2) is 25.1 Å². The molecule has 0 saturated carbocycles. The topological polar surface area (TPSA) is 64.2 Å². The maximum Gasteiger partial charge on any atom is 0.258 e. The molecular formula is C18H13F2N5O. The van der Waals surface area contributed by atoms with Crippen molar-refractivity contribution in [3.8, 4) is 0 Å². The number of carbonyl (C=O) groups excluding carboxylic acids is 1. The van der Waals surface area contributed by atoms with Crippen LogP contribution in [0.25, 0.3) is 5.65 Å².